The normalized spacial score (nSPS) is 24.0. The Morgan fingerprint density at radius 1 is 0.944 bits per heavy atom. The van der Waals surface area contributed by atoms with Crippen molar-refractivity contribution in [1.82, 2.24) is 0 Å². The Balaban J connectivity index is 1.54. The van der Waals surface area contributed by atoms with Gasteiger partial charge in [0.2, 0.25) is 0 Å². The molecule has 1 saturated heterocycles. The molecule has 0 unspecified atom stereocenters. The standard InChI is InChI=1S/C15H16S3/c1-2-5-12(6-3-1)9-13-10-17-15(18-11-13)14-7-4-8-16-14/h1-8,13,15H,9-11H2. The summed E-state index contributed by atoms with van der Waals surface area (Å²) in [6.45, 7) is 0. The van der Waals surface area contributed by atoms with Crippen LogP contribution in [-0.4, -0.2) is 11.5 Å². The third kappa shape index (κ3) is 3.14. The summed E-state index contributed by atoms with van der Waals surface area (Å²) in [4.78, 5) is 1.53. The average molecular weight is 292 g/mol. The van der Waals surface area contributed by atoms with Crippen molar-refractivity contribution >= 4 is 34.9 Å². The van der Waals surface area contributed by atoms with E-state index in [0.29, 0.717) is 4.58 Å². The third-order valence-electron chi connectivity index (χ3n) is 3.11. The molecule has 18 heavy (non-hydrogen) atoms. The fourth-order valence-corrected chi connectivity index (χ4v) is 6.38. The van der Waals surface area contributed by atoms with E-state index in [-0.39, 0.29) is 0 Å². The molecule has 3 heteroatoms. The third-order valence-corrected chi connectivity index (χ3v) is 7.60. The first-order valence-corrected chi connectivity index (χ1v) is 9.20. The van der Waals surface area contributed by atoms with Crippen molar-refractivity contribution in [2.24, 2.45) is 5.92 Å². The molecule has 0 N–H and O–H groups in total. The Hall–Kier alpha value is -0.380. The van der Waals surface area contributed by atoms with Gasteiger partial charge in [0, 0.05) is 4.88 Å². The van der Waals surface area contributed by atoms with Crippen LogP contribution in [0.2, 0.25) is 0 Å². The molecule has 1 aromatic heterocycles. The van der Waals surface area contributed by atoms with Crippen LogP contribution in [0.3, 0.4) is 0 Å². The number of thioether (sulfide) groups is 2. The van der Waals surface area contributed by atoms with Gasteiger partial charge in [-0.15, -0.1) is 34.9 Å². The minimum absolute atomic E-state index is 0.678. The molecule has 94 valence electrons. The lowest BCUT2D eigenvalue weighted by molar-refractivity contribution is 0.665. The van der Waals surface area contributed by atoms with Gasteiger partial charge in [-0.2, -0.15) is 0 Å². The second-order valence-electron chi connectivity index (χ2n) is 4.57. The Kier molecular flexibility index (Phi) is 4.34. The van der Waals surface area contributed by atoms with Crippen LogP contribution in [0.5, 0.6) is 0 Å². The molecule has 0 atom stereocenters. The zero-order valence-corrected chi connectivity index (χ0v) is 12.6. The molecular weight excluding hydrogens is 276 g/mol. The number of hydrogen-bond acceptors (Lipinski definition) is 3. The number of benzene rings is 1. The maximum absolute atomic E-state index is 2.27. The summed E-state index contributed by atoms with van der Waals surface area (Å²) >= 11 is 6.14. The van der Waals surface area contributed by atoms with E-state index in [2.05, 4.69) is 71.4 Å². The van der Waals surface area contributed by atoms with Gasteiger partial charge >= 0.3 is 0 Å². The van der Waals surface area contributed by atoms with Crippen LogP contribution in [0.25, 0.3) is 0 Å². The van der Waals surface area contributed by atoms with Crippen molar-refractivity contribution in [3.05, 3.63) is 58.3 Å². The zero-order valence-electron chi connectivity index (χ0n) is 10.1. The molecule has 2 aromatic rings. The second-order valence-corrected chi connectivity index (χ2v) is 8.12. The SMILES string of the molecule is c1ccc(CC2CSC(c3cccs3)SC2)cc1. The van der Waals surface area contributed by atoms with Crippen molar-refractivity contribution in [1.29, 1.82) is 0 Å². The van der Waals surface area contributed by atoms with E-state index >= 15 is 0 Å². The van der Waals surface area contributed by atoms with Crippen LogP contribution < -0.4 is 0 Å². The maximum Gasteiger partial charge on any atom is 0.0843 e. The van der Waals surface area contributed by atoms with Crippen LogP contribution in [0, 0.1) is 5.92 Å². The predicted octanol–water partition coefficient (Wildman–Crippen LogP) is 5.09. The van der Waals surface area contributed by atoms with Crippen molar-refractivity contribution < 1.29 is 0 Å². The average Bonchev–Trinajstić information content (AvgIpc) is 2.95. The molecule has 0 amide bonds. The molecule has 2 heterocycles. The van der Waals surface area contributed by atoms with Crippen LogP contribution in [0.1, 0.15) is 15.0 Å². The molecule has 1 aliphatic rings. The first-order chi connectivity index (χ1) is 8.92. The summed E-state index contributed by atoms with van der Waals surface area (Å²) in [6, 6.07) is 15.3. The number of hydrogen-bond donors (Lipinski definition) is 0. The molecule has 0 aliphatic carbocycles. The number of rotatable bonds is 3. The molecule has 1 fully saturated rings. The molecule has 0 spiro atoms. The van der Waals surface area contributed by atoms with Gasteiger partial charge in [0.25, 0.3) is 0 Å². The Morgan fingerprint density at radius 3 is 2.39 bits per heavy atom. The highest BCUT2D eigenvalue weighted by molar-refractivity contribution is 8.17. The smallest absolute Gasteiger partial charge is 0.0843 e. The van der Waals surface area contributed by atoms with E-state index in [1.807, 2.05) is 11.3 Å². The summed E-state index contributed by atoms with van der Waals surface area (Å²) in [5, 5.41) is 2.19. The lowest BCUT2D eigenvalue weighted by atomic mass is 10.0. The molecule has 0 nitrogen and oxygen atoms in total. The first-order valence-electron chi connectivity index (χ1n) is 6.22. The van der Waals surface area contributed by atoms with Crippen LogP contribution in [-0.2, 0) is 6.42 Å². The Morgan fingerprint density at radius 2 is 1.72 bits per heavy atom. The van der Waals surface area contributed by atoms with Gasteiger partial charge in [0.15, 0.2) is 0 Å². The molecule has 0 saturated carbocycles. The zero-order chi connectivity index (χ0) is 12.2. The quantitative estimate of drug-likeness (QED) is 0.773. The van der Waals surface area contributed by atoms with Crippen molar-refractivity contribution in [3.8, 4) is 0 Å². The number of thiophene rings is 1. The molecule has 0 radical (unpaired) electrons. The van der Waals surface area contributed by atoms with Crippen LogP contribution in [0.15, 0.2) is 47.8 Å². The lowest BCUT2D eigenvalue weighted by Gasteiger charge is -2.27. The molecule has 0 bridgehead atoms. The predicted molar refractivity (Wildman–Crippen MR) is 85.6 cm³/mol. The van der Waals surface area contributed by atoms with E-state index in [1.165, 1.54) is 28.4 Å². The fraction of sp³-hybridized carbons (Fsp3) is 0.333. The molecule has 1 aromatic carbocycles. The largest absolute Gasteiger partial charge is 0.147 e. The minimum Gasteiger partial charge on any atom is -0.147 e. The summed E-state index contributed by atoms with van der Waals surface area (Å²) in [5.74, 6) is 3.42. The van der Waals surface area contributed by atoms with Crippen molar-refractivity contribution in [3.63, 3.8) is 0 Å². The van der Waals surface area contributed by atoms with E-state index < -0.39 is 0 Å². The van der Waals surface area contributed by atoms with Gasteiger partial charge in [-0.25, -0.2) is 0 Å². The van der Waals surface area contributed by atoms with Crippen molar-refractivity contribution in [2.45, 2.75) is 11.0 Å². The summed E-state index contributed by atoms with van der Waals surface area (Å²) in [7, 11) is 0. The lowest BCUT2D eigenvalue weighted by Crippen LogP contribution is -2.16. The fourth-order valence-electron chi connectivity index (χ4n) is 2.20. The van der Waals surface area contributed by atoms with Crippen molar-refractivity contribution in [2.75, 3.05) is 11.5 Å². The van der Waals surface area contributed by atoms with Gasteiger partial charge < -0.3 is 0 Å². The highest BCUT2D eigenvalue weighted by Crippen LogP contribution is 2.47. The molecular formula is C15H16S3. The van der Waals surface area contributed by atoms with Gasteiger partial charge in [-0.05, 0) is 40.9 Å². The monoisotopic (exact) mass is 292 g/mol. The van der Waals surface area contributed by atoms with E-state index in [0.717, 1.165) is 5.92 Å². The maximum atomic E-state index is 2.27. The van der Waals surface area contributed by atoms with Crippen LogP contribution in [0.4, 0.5) is 0 Å². The Bertz CT molecular complexity index is 456. The van der Waals surface area contributed by atoms with E-state index in [9.17, 15) is 0 Å². The van der Waals surface area contributed by atoms with E-state index in [4.69, 9.17) is 0 Å². The summed E-state index contributed by atoms with van der Waals surface area (Å²) in [5.41, 5.74) is 1.48. The first kappa shape index (κ1) is 12.6. The van der Waals surface area contributed by atoms with Gasteiger partial charge in [0.1, 0.15) is 0 Å². The molecule has 1 aliphatic heterocycles. The van der Waals surface area contributed by atoms with Crippen LogP contribution >= 0.6 is 34.9 Å². The van der Waals surface area contributed by atoms with E-state index in [1.54, 1.807) is 0 Å². The highest BCUT2D eigenvalue weighted by atomic mass is 32.2. The van der Waals surface area contributed by atoms with Gasteiger partial charge in [-0.3, -0.25) is 0 Å². The highest BCUT2D eigenvalue weighted by Gasteiger charge is 2.23. The topological polar surface area (TPSA) is 0 Å². The summed E-state index contributed by atoms with van der Waals surface area (Å²) in [6.07, 6.45) is 1.23. The second kappa shape index (κ2) is 6.18. The minimum atomic E-state index is 0.678. The molecule has 3 rings (SSSR count). The summed E-state index contributed by atoms with van der Waals surface area (Å²) < 4.78 is 0.678. The Labute approximate surface area is 121 Å². The van der Waals surface area contributed by atoms with Gasteiger partial charge in [0.05, 0.1) is 4.58 Å². The van der Waals surface area contributed by atoms with Gasteiger partial charge in [-0.1, -0.05) is 36.4 Å².